The second-order valence-corrected chi connectivity index (χ2v) is 9.00. The first kappa shape index (κ1) is 18.3. The number of amides is 2. The quantitative estimate of drug-likeness (QED) is 0.886. The summed E-state index contributed by atoms with van der Waals surface area (Å²) < 4.78 is 30.6. The molecule has 132 valence electrons. The van der Waals surface area contributed by atoms with E-state index in [1.807, 2.05) is 0 Å². The zero-order valence-corrected chi connectivity index (χ0v) is 14.8. The average Bonchev–Trinajstić information content (AvgIpc) is 2.96. The van der Waals surface area contributed by atoms with Gasteiger partial charge in [-0.3, -0.25) is 4.79 Å². The average molecular weight is 354 g/mol. The SMILES string of the molecule is CC(C)(C)OC(=O)N1CCC(S(=O)(=O)c2ccc(C(N)=O)cc2)C1. The minimum atomic E-state index is -3.59. The number of nitrogens with two attached hydrogens (primary N) is 1. The van der Waals surface area contributed by atoms with Crippen molar-refractivity contribution in [3.8, 4) is 0 Å². The molecule has 7 nitrogen and oxygen atoms in total. The van der Waals surface area contributed by atoms with Crippen molar-refractivity contribution in [1.82, 2.24) is 4.90 Å². The zero-order valence-electron chi connectivity index (χ0n) is 14.0. The van der Waals surface area contributed by atoms with E-state index in [1.54, 1.807) is 20.8 Å². The summed E-state index contributed by atoms with van der Waals surface area (Å²) >= 11 is 0. The summed E-state index contributed by atoms with van der Waals surface area (Å²) in [5.74, 6) is -0.615. The lowest BCUT2D eigenvalue weighted by Gasteiger charge is -2.24. The van der Waals surface area contributed by atoms with Crippen molar-refractivity contribution >= 4 is 21.8 Å². The van der Waals surface area contributed by atoms with Crippen molar-refractivity contribution in [3.63, 3.8) is 0 Å². The van der Waals surface area contributed by atoms with E-state index in [2.05, 4.69) is 0 Å². The van der Waals surface area contributed by atoms with Crippen LogP contribution in [0.4, 0.5) is 4.79 Å². The van der Waals surface area contributed by atoms with Crippen molar-refractivity contribution in [3.05, 3.63) is 29.8 Å². The molecule has 0 saturated carbocycles. The van der Waals surface area contributed by atoms with Crippen molar-refractivity contribution in [2.45, 2.75) is 42.9 Å². The smallest absolute Gasteiger partial charge is 0.410 e. The van der Waals surface area contributed by atoms with Gasteiger partial charge in [0.25, 0.3) is 0 Å². The molecule has 0 bridgehead atoms. The predicted molar refractivity (Wildman–Crippen MR) is 88.4 cm³/mol. The highest BCUT2D eigenvalue weighted by molar-refractivity contribution is 7.92. The summed E-state index contributed by atoms with van der Waals surface area (Å²) in [6, 6.07) is 5.50. The van der Waals surface area contributed by atoms with Gasteiger partial charge in [0, 0.05) is 18.7 Å². The van der Waals surface area contributed by atoms with Gasteiger partial charge in [-0.2, -0.15) is 0 Å². The van der Waals surface area contributed by atoms with Crippen LogP contribution in [0.1, 0.15) is 37.6 Å². The molecule has 8 heteroatoms. The molecule has 1 aromatic carbocycles. The number of hydrogen-bond acceptors (Lipinski definition) is 5. The van der Waals surface area contributed by atoms with Gasteiger partial charge in [0.1, 0.15) is 5.60 Å². The maximum absolute atomic E-state index is 12.7. The van der Waals surface area contributed by atoms with E-state index in [9.17, 15) is 18.0 Å². The van der Waals surface area contributed by atoms with E-state index in [4.69, 9.17) is 10.5 Å². The molecular weight excluding hydrogens is 332 g/mol. The minimum absolute atomic E-state index is 0.0921. The van der Waals surface area contributed by atoms with Crippen LogP contribution in [-0.4, -0.2) is 49.3 Å². The van der Waals surface area contributed by atoms with Crippen LogP contribution in [0.2, 0.25) is 0 Å². The van der Waals surface area contributed by atoms with E-state index in [0.717, 1.165) is 0 Å². The van der Waals surface area contributed by atoms with Crippen LogP contribution < -0.4 is 5.73 Å². The fraction of sp³-hybridized carbons (Fsp3) is 0.500. The molecule has 1 atom stereocenters. The first-order chi connectivity index (χ1) is 11.0. The fourth-order valence-electron chi connectivity index (χ4n) is 2.48. The Morgan fingerprint density at radius 1 is 1.21 bits per heavy atom. The van der Waals surface area contributed by atoms with Crippen molar-refractivity contribution in [2.24, 2.45) is 5.73 Å². The Labute approximate surface area is 141 Å². The number of sulfone groups is 1. The van der Waals surface area contributed by atoms with Gasteiger partial charge in [0.15, 0.2) is 9.84 Å². The molecule has 1 unspecified atom stereocenters. The number of likely N-dealkylation sites (tertiary alicyclic amines) is 1. The number of primary amides is 1. The molecule has 1 heterocycles. The van der Waals surface area contributed by atoms with Gasteiger partial charge < -0.3 is 15.4 Å². The van der Waals surface area contributed by atoms with Gasteiger partial charge in [0.05, 0.1) is 10.1 Å². The molecule has 1 aliphatic rings. The Morgan fingerprint density at radius 2 is 1.79 bits per heavy atom. The van der Waals surface area contributed by atoms with Crippen molar-refractivity contribution in [2.75, 3.05) is 13.1 Å². The van der Waals surface area contributed by atoms with Gasteiger partial charge >= 0.3 is 6.09 Å². The Kier molecular flexibility index (Phi) is 4.89. The van der Waals surface area contributed by atoms with Crippen LogP contribution in [0.5, 0.6) is 0 Å². The zero-order chi connectivity index (χ0) is 18.1. The summed E-state index contributed by atoms with van der Waals surface area (Å²) in [6.07, 6.45) is -0.164. The molecule has 2 rings (SSSR count). The Morgan fingerprint density at radius 3 is 2.29 bits per heavy atom. The molecule has 24 heavy (non-hydrogen) atoms. The van der Waals surface area contributed by atoms with Crippen molar-refractivity contribution < 1.29 is 22.7 Å². The number of nitrogens with zero attached hydrogens (tertiary/aromatic N) is 1. The monoisotopic (exact) mass is 354 g/mol. The van der Waals surface area contributed by atoms with E-state index >= 15 is 0 Å². The summed E-state index contributed by atoms with van der Waals surface area (Å²) in [7, 11) is -3.59. The van der Waals surface area contributed by atoms with E-state index in [0.29, 0.717) is 13.0 Å². The fourth-order valence-corrected chi connectivity index (χ4v) is 4.17. The molecule has 2 N–H and O–H groups in total. The van der Waals surface area contributed by atoms with Crippen LogP contribution in [0.3, 0.4) is 0 Å². The number of ether oxygens (including phenoxy) is 1. The summed E-state index contributed by atoms with van der Waals surface area (Å²) in [6.45, 7) is 5.70. The third-order valence-electron chi connectivity index (χ3n) is 3.70. The highest BCUT2D eigenvalue weighted by Crippen LogP contribution is 2.25. The maximum atomic E-state index is 12.7. The Balaban J connectivity index is 2.11. The van der Waals surface area contributed by atoms with Gasteiger partial charge in [-0.1, -0.05) is 0 Å². The largest absolute Gasteiger partial charge is 0.444 e. The summed E-state index contributed by atoms with van der Waals surface area (Å²) in [5.41, 5.74) is 4.77. The number of carbonyl (C=O) groups is 2. The minimum Gasteiger partial charge on any atom is -0.444 e. The van der Waals surface area contributed by atoms with Gasteiger partial charge in [0.2, 0.25) is 5.91 Å². The Bertz CT molecular complexity index is 735. The number of hydrogen-bond donors (Lipinski definition) is 1. The molecule has 0 radical (unpaired) electrons. The molecule has 0 aliphatic carbocycles. The summed E-state index contributed by atoms with van der Waals surface area (Å²) in [4.78, 5) is 24.6. The van der Waals surface area contributed by atoms with E-state index in [1.165, 1.54) is 29.2 Å². The third-order valence-corrected chi connectivity index (χ3v) is 5.89. The molecular formula is C16H22N2O5S. The lowest BCUT2D eigenvalue weighted by molar-refractivity contribution is 0.0295. The molecule has 1 fully saturated rings. The lowest BCUT2D eigenvalue weighted by atomic mass is 10.2. The van der Waals surface area contributed by atoms with Crippen LogP contribution in [0.25, 0.3) is 0 Å². The highest BCUT2D eigenvalue weighted by atomic mass is 32.2. The van der Waals surface area contributed by atoms with E-state index in [-0.39, 0.29) is 17.0 Å². The first-order valence-electron chi connectivity index (χ1n) is 7.62. The molecule has 0 spiro atoms. The van der Waals surface area contributed by atoms with Crippen LogP contribution in [0, 0.1) is 0 Å². The topological polar surface area (TPSA) is 107 Å². The molecule has 0 aromatic heterocycles. The normalized spacial score (nSPS) is 18.5. The molecule has 1 saturated heterocycles. The number of carbonyl (C=O) groups excluding carboxylic acids is 2. The summed E-state index contributed by atoms with van der Waals surface area (Å²) in [5, 5.41) is -0.690. The molecule has 1 aromatic rings. The lowest BCUT2D eigenvalue weighted by Crippen LogP contribution is -2.36. The van der Waals surface area contributed by atoms with E-state index < -0.39 is 32.7 Å². The number of benzene rings is 1. The Hall–Kier alpha value is -2.09. The second-order valence-electron chi connectivity index (χ2n) is 6.77. The van der Waals surface area contributed by atoms with Gasteiger partial charge in [-0.15, -0.1) is 0 Å². The molecule has 1 aliphatic heterocycles. The standard InChI is InChI=1S/C16H22N2O5S/c1-16(2,3)23-15(20)18-9-8-13(10-18)24(21,22)12-6-4-11(5-7-12)14(17)19/h4-7,13H,8-10H2,1-3H3,(H2,17,19). The van der Waals surface area contributed by atoms with Crippen LogP contribution in [0.15, 0.2) is 29.2 Å². The van der Waals surface area contributed by atoms with Gasteiger partial charge in [-0.05, 0) is 51.5 Å². The van der Waals surface area contributed by atoms with Gasteiger partial charge in [-0.25, -0.2) is 13.2 Å². The predicted octanol–water partition coefficient (Wildman–Crippen LogP) is 1.57. The second kappa shape index (κ2) is 6.43. The van der Waals surface area contributed by atoms with Crippen LogP contribution >= 0.6 is 0 Å². The third kappa shape index (κ3) is 4.05. The number of rotatable bonds is 3. The van der Waals surface area contributed by atoms with Crippen LogP contribution in [-0.2, 0) is 14.6 Å². The first-order valence-corrected chi connectivity index (χ1v) is 9.17. The molecule has 2 amide bonds. The maximum Gasteiger partial charge on any atom is 0.410 e. The van der Waals surface area contributed by atoms with Crippen molar-refractivity contribution in [1.29, 1.82) is 0 Å². The highest BCUT2D eigenvalue weighted by Gasteiger charge is 2.37.